The normalized spacial score (nSPS) is 15.0. The van der Waals surface area contributed by atoms with Gasteiger partial charge in [-0.15, -0.1) is 0 Å². The van der Waals surface area contributed by atoms with Crippen molar-refractivity contribution in [1.82, 2.24) is 4.90 Å². The molecule has 2 unspecified atom stereocenters. The Bertz CT molecular complexity index is 407. The van der Waals surface area contributed by atoms with Gasteiger partial charge in [0.05, 0.1) is 10.0 Å². The molecular weight excluding hydrogens is 279 g/mol. The van der Waals surface area contributed by atoms with Crippen LogP contribution in [0.3, 0.4) is 0 Å². The standard InChI is InChI=1S/C15H24Cl2N2/c1-10(2)11(3)19(4)9-8-14(18)12-6-5-7-13(16)15(12)17/h5-7,10-11,14H,8-9,18H2,1-4H3. The number of hydrogen-bond donors (Lipinski definition) is 1. The molecule has 0 heterocycles. The van der Waals surface area contributed by atoms with Crippen LogP contribution in [0.25, 0.3) is 0 Å². The van der Waals surface area contributed by atoms with E-state index in [0.29, 0.717) is 22.0 Å². The minimum absolute atomic E-state index is 0.0759. The highest BCUT2D eigenvalue weighted by Crippen LogP contribution is 2.30. The Morgan fingerprint density at radius 1 is 1.21 bits per heavy atom. The van der Waals surface area contributed by atoms with E-state index in [1.165, 1.54) is 0 Å². The number of halogens is 2. The monoisotopic (exact) mass is 302 g/mol. The summed E-state index contributed by atoms with van der Waals surface area (Å²) in [6.45, 7) is 7.65. The molecule has 0 saturated heterocycles. The van der Waals surface area contributed by atoms with Gasteiger partial charge in [0, 0.05) is 12.1 Å². The van der Waals surface area contributed by atoms with Gasteiger partial charge in [-0.05, 0) is 44.5 Å². The van der Waals surface area contributed by atoms with Crippen LogP contribution < -0.4 is 5.73 Å². The molecule has 0 aliphatic carbocycles. The van der Waals surface area contributed by atoms with Crippen molar-refractivity contribution in [3.8, 4) is 0 Å². The minimum atomic E-state index is -0.0759. The molecule has 1 aromatic carbocycles. The molecule has 2 atom stereocenters. The van der Waals surface area contributed by atoms with Crippen LogP contribution in [0.2, 0.25) is 10.0 Å². The zero-order valence-electron chi connectivity index (χ0n) is 12.2. The third-order valence-electron chi connectivity index (χ3n) is 3.83. The van der Waals surface area contributed by atoms with E-state index in [9.17, 15) is 0 Å². The summed E-state index contributed by atoms with van der Waals surface area (Å²) in [5.74, 6) is 0.635. The second-order valence-electron chi connectivity index (χ2n) is 5.50. The van der Waals surface area contributed by atoms with Crippen LogP contribution in [-0.2, 0) is 0 Å². The molecule has 0 amide bonds. The first-order chi connectivity index (χ1) is 8.84. The fraction of sp³-hybridized carbons (Fsp3) is 0.600. The first kappa shape index (κ1) is 16.8. The lowest BCUT2D eigenvalue weighted by atomic mass is 10.0. The van der Waals surface area contributed by atoms with Gasteiger partial charge in [0.25, 0.3) is 0 Å². The van der Waals surface area contributed by atoms with Gasteiger partial charge in [0.2, 0.25) is 0 Å². The molecule has 1 rings (SSSR count). The summed E-state index contributed by atoms with van der Waals surface area (Å²) in [6, 6.07) is 6.09. The van der Waals surface area contributed by atoms with Crippen molar-refractivity contribution in [2.45, 2.75) is 39.3 Å². The quantitative estimate of drug-likeness (QED) is 0.846. The van der Waals surface area contributed by atoms with Crippen molar-refractivity contribution in [2.75, 3.05) is 13.6 Å². The number of nitrogens with zero attached hydrogens (tertiary/aromatic N) is 1. The van der Waals surface area contributed by atoms with E-state index in [0.717, 1.165) is 18.5 Å². The van der Waals surface area contributed by atoms with Gasteiger partial charge in [-0.3, -0.25) is 0 Å². The molecule has 0 fully saturated rings. The molecule has 0 aliphatic heterocycles. The molecule has 2 nitrogen and oxygen atoms in total. The third kappa shape index (κ3) is 4.64. The predicted octanol–water partition coefficient (Wildman–Crippen LogP) is 4.36. The summed E-state index contributed by atoms with van der Waals surface area (Å²) >= 11 is 12.2. The molecule has 0 aromatic heterocycles. The summed E-state index contributed by atoms with van der Waals surface area (Å²) in [7, 11) is 2.14. The first-order valence-electron chi connectivity index (χ1n) is 6.74. The maximum Gasteiger partial charge on any atom is 0.0640 e. The Kier molecular flexibility index (Phi) is 6.61. The van der Waals surface area contributed by atoms with E-state index in [-0.39, 0.29) is 6.04 Å². The average molecular weight is 303 g/mol. The third-order valence-corrected chi connectivity index (χ3v) is 4.67. The Labute approximate surface area is 126 Å². The fourth-order valence-electron chi connectivity index (χ4n) is 2.02. The highest BCUT2D eigenvalue weighted by molar-refractivity contribution is 6.42. The van der Waals surface area contributed by atoms with E-state index in [4.69, 9.17) is 28.9 Å². The van der Waals surface area contributed by atoms with Crippen molar-refractivity contribution in [2.24, 2.45) is 11.7 Å². The zero-order valence-corrected chi connectivity index (χ0v) is 13.7. The molecule has 108 valence electrons. The molecule has 2 N–H and O–H groups in total. The number of benzene rings is 1. The highest BCUT2D eigenvalue weighted by Gasteiger charge is 2.16. The van der Waals surface area contributed by atoms with Crippen molar-refractivity contribution >= 4 is 23.2 Å². The van der Waals surface area contributed by atoms with Gasteiger partial charge in [-0.25, -0.2) is 0 Å². The van der Waals surface area contributed by atoms with Crippen molar-refractivity contribution < 1.29 is 0 Å². The number of hydrogen-bond acceptors (Lipinski definition) is 2. The van der Waals surface area contributed by atoms with Gasteiger partial charge >= 0.3 is 0 Å². The maximum absolute atomic E-state index is 6.22. The summed E-state index contributed by atoms with van der Waals surface area (Å²) in [5.41, 5.74) is 7.15. The Morgan fingerprint density at radius 3 is 2.42 bits per heavy atom. The van der Waals surface area contributed by atoms with Gasteiger partial charge in [-0.2, -0.15) is 0 Å². The van der Waals surface area contributed by atoms with Gasteiger partial charge < -0.3 is 10.6 Å². The van der Waals surface area contributed by atoms with Crippen LogP contribution in [0.5, 0.6) is 0 Å². The van der Waals surface area contributed by atoms with Crippen LogP contribution in [0.4, 0.5) is 0 Å². The molecule has 19 heavy (non-hydrogen) atoms. The summed E-state index contributed by atoms with van der Waals surface area (Å²) in [6.07, 6.45) is 0.869. The SMILES string of the molecule is CC(C)C(C)N(C)CCC(N)c1cccc(Cl)c1Cl. The fourth-order valence-corrected chi connectivity index (χ4v) is 2.47. The Hall–Kier alpha value is -0.280. The highest BCUT2D eigenvalue weighted by atomic mass is 35.5. The van der Waals surface area contributed by atoms with Crippen LogP contribution in [0.1, 0.15) is 38.8 Å². The van der Waals surface area contributed by atoms with E-state index in [2.05, 4.69) is 32.7 Å². The molecule has 1 aromatic rings. The molecular formula is C15H24Cl2N2. The average Bonchev–Trinajstić information content (AvgIpc) is 2.37. The van der Waals surface area contributed by atoms with Crippen LogP contribution >= 0.6 is 23.2 Å². The molecule has 0 spiro atoms. The summed E-state index contributed by atoms with van der Waals surface area (Å²) < 4.78 is 0. The lowest BCUT2D eigenvalue weighted by Gasteiger charge is -2.29. The topological polar surface area (TPSA) is 29.3 Å². The van der Waals surface area contributed by atoms with Gasteiger partial charge in [0.1, 0.15) is 0 Å². The lowest BCUT2D eigenvalue weighted by Crippen LogP contribution is -2.35. The van der Waals surface area contributed by atoms with Crippen LogP contribution in [0.15, 0.2) is 18.2 Å². The lowest BCUT2D eigenvalue weighted by molar-refractivity contribution is 0.202. The van der Waals surface area contributed by atoms with Crippen molar-refractivity contribution in [3.63, 3.8) is 0 Å². The second-order valence-corrected chi connectivity index (χ2v) is 6.29. The van der Waals surface area contributed by atoms with E-state index in [1.807, 2.05) is 12.1 Å². The van der Waals surface area contributed by atoms with Crippen LogP contribution in [-0.4, -0.2) is 24.5 Å². The predicted molar refractivity (Wildman–Crippen MR) is 84.9 cm³/mol. The Morgan fingerprint density at radius 2 is 1.84 bits per heavy atom. The van der Waals surface area contributed by atoms with Gasteiger partial charge in [0.15, 0.2) is 0 Å². The molecule has 0 radical (unpaired) electrons. The van der Waals surface area contributed by atoms with E-state index in [1.54, 1.807) is 6.07 Å². The Balaban J connectivity index is 2.61. The molecule has 0 saturated carbocycles. The minimum Gasteiger partial charge on any atom is -0.324 e. The smallest absolute Gasteiger partial charge is 0.0640 e. The molecule has 0 bridgehead atoms. The first-order valence-corrected chi connectivity index (χ1v) is 7.50. The van der Waals surface area contributed by atoms with Crippen molar-refractivity contribution in [1.29, 1.82) is 0 Å². The summed E-state index contributed by atoms with van der Waals surface area (Å²) in [5, 5.41) is 1.15. The zero-order chi connectivity index (χ0) is 14.6. The molecule has 4 heteroatoms. The largest absolute Gasteiger partial charge is 0.324 e. The number of nitrogens with two attached hydrogens (primary N) is 1. The van der Waals surface area contributed by atoms with Crippen LogP contribution in [0, 0.1) is 5.92 Å². The molecule has 0 aliphatic rings. The van der Waals surface area contributed by atoms with Gasteiger partial charge in [-0.1, -0.05) is 49.2 Å². The second kappa shape index (κ2) is 7.49. The van der Waals surface area contributed by atoms with E-state index < -0.39 is 0 Å². The number of rotatable bonds is 6. The maximum atomic E-state index is 6.22. The summed E-state index contributed by atoms with van der Waals surface area (Å²) in [4.78, 5) is 2.34. The van der Waals surface area contributed by atoms with E-state index >= 15 is 0 Å². The van der Waals surface area contributed by atoms with Crippen molar-refractivity contribution in [3.05, 3.63) is 33.8 Å².